The third-order valence-corrected chi connectivity index (χ3v) is 9.23. The Kier molecular flexibility index (Phi) is 6.39. The van der Waals surface area contributed by atoms with Gasteiger partial charge < -0.3 is 4.40 Å². The van der Waals surface area contributed by atoms with Gasteiger partial charge in [-0.05, 0) is 33.9 Å². The normalized spacial score (nSPS) is 12.6. The van der Waals surface area contributed by atoms with Crippen molar-refractivity contribution in [3.8, 4) is 22.3 Å². The van der Waals surface area contributed by atoms with Gasteiger partial charge in [-0.2, -0.15) is 0 Å². The van der Waals surface area contributed by atoms with Crippen molar-refractivity contribution in [3.05, 3.63) is 124 Å². The van der Waals surface area contributed by atoms with Crippen molar-refractivity contribution >= 4 is 48.9 Å². The average Bonchev–Trinajstić information content (AvgIpc) is 3.43. The molecule has 11 heteroatoms. The molecule has 0 spiro atoms. The van der Waals surface area contributed by atoms with Crippen LogP contribution >= 0.6 is 0 Å². The summed E-state index contributed by atoms with van der Waals surface area (Å²) in [4.78, 5) is 0. The average molecular weight is 680 g/mol. The molecule has 0 N–H and O–H groups in total. The maximum Gasteiger partial charge on any atom is 0.200 e. The molecule has 0 bridgehead atoms. The predicted octanol–water partition coefficient (Wildman–Crippen LogP) is 12.0. The number of halogens is 10. The van der Waals surface area contributed by atoms with Gasteiger partial charge in [0, 0.05) is 32.7 Å². The summed E-state index contributed by atoms with van der Waals surface area (Å²) >= 11 is 0. The minimum absolute atomic E-state index is 0.140. The first-order chi connectivity index (χ1) is 23.2. The summed E-state index contributed by atoms with van der Waals surface area (Å²) in [5.74, 6) is -23.9. The minimum atomic E-state index is -2.50. The Morgan fingerprint density at radius 1 is 0.367 bits per heavy atom. The third-order valence-electron chi connectivity index (χ3n) is 9.23. The van der Waals surface area contributed by atoms with Crippen molar-refractivity contribution in [2.75, 3.05) is 0 Å². The van der Waals surface area contributed by atoms with E-state index in [1.807, 2.05) is 32.9 Å². The summed E-state index contributed by atoms with van der Waals surface area (Å²) in [6.45, 7) is 5.92. The molecule has 0 aliphatic heterocycles. The number of hydrogen-bond acceptors (Lipinski definition) is 0. The van der Waals surface area contributed by atoms with Crippen LogP contribution in [0.5, 0.6) is 0 Å². The molecule has 0 saturated carbocycles. The number of aromatic nitrogens is 1. The third kappa shape index (κ3) is 3.89. The van der Waals surface area contributed by atoms with Crippen LogP contribution < -0.4 is 0 Å². The maximum absolute atomic E-state index is 15.9. The molecular formula is C38H19F10N. The lowest BCUT2D eigenvalue weighted by atomic mass is 9.84. The molecule has 49 heavy (non-hydrogen) atoms. The van der Waals surface area contributed by atoms with E-state index in [-0.39, 0.29) is 21.8 Å². The zero-order valence-electron chi connectivity index (χ0n) is 25.5. The molecule has 0 atom stereocenters. The van der Waals surface area contributed by atoms with Gasteiger partial charge in [0.25, 0.3) is 0 Å². The molecule has 0 aliphatic rings. The van der Waals surface area contributed by atoms with Crippen molar-refractivity contribution in [2.45, 2.75) is 26.2 Å². The van der Waals surface area contributed by atoms with E-state index in [1.54, 1.807) is 24.3 Å². The Labute approximate surface area is 269 Å². The number of fused-ring (bicyclic) bond motifs is 6. The molecule has 0 radical (unpaired) electrons. The smallest absolute Gasteiger partial charge is 0.200 e. The summed E-state index contributed by atoms with van der Waals surface area (Å²) in [6.07, 6.45) is 0. The largest absolute Gasteiger partial charge is 0.307 e. The van der Waals surface area contributed by atoms with E-state index in [0.29, 0.717) is 27.1 Å². The van der Waals surface area contributed by atoms with Crippen LogP contribution in [0.4, 0.5) is 43.9 Å². The number of pyridine rings is 2. The first kappa shape index (κ1) is 31.0. The molecule has 246 valence electrons. The van der Waals surface area contributed by atoms with Gasteiger partial charge in [0.05, 0.1) is 27.7 Å². The highest BCUT2D eigenvalue weighted by Crippen LogP contribution is 2.53. The maximum atomic E-state index is 15.9. The van der Waals surface area contributed by atoms with E-state index in [4.69, 9.17) is 0 Å². The van der Waals surface area contributed by atoms with Gasteiger partial charge in [0.1, 0.15) is 0 Å². The summed E-state index contributed by atoms with van der Waals surface area (Å²) < 4.78 is 154. The summed E-state index contributed by atoms with van der Waals surface area (Å²) in [5, 5.41) is 2.22. The van der Waals surface area contributed by atoms with E-state index in [9.17, 15) is 26.3 Å². The van der Waals surface area contributed by atoms with E-state index < -0.39 is 85.8 Å². The fourth-order valence-corrected chi connectivity index (χ4v) is 7.01. The fraction of sp³-hybridized carbons (Fsp3) is 0.105. The zero-order chi connectivity index (χ0) is 35.0. The molecule has 3 heterocycles. The quantitative estimate of drug-likeness (QED) is 0.0563. The highest BCUT2D eigenvalue weighted by molar-refractivity contribution is 6.30. The standard InChI is InChI=1S/C38H19F10N/c1-38(2,3)14-12-19-15-8-4-6-10-17(15)36-21(23-25(39)29(43)33(47)30(44)26(23)40)22(24-27(41)31(45)34(48)32(46)28(24)42)37-18-11-7-5-9-16(18)20(13-14)35(19)49(36)37/h4-13H,1-3H3. The first-order valence-corrected chi connectivity index (χ1v) is 14.9. The topological polar surface area (TPSA) is 4.41 Å². The highest BCUT2D eigenvalue weighted by Gasteiger charge is 2.37. The molecule has 8 rings (SSSR count). The number of benzene rings is 5. The number of nitrogens with zero attached hydrogens (tertiary/aromatic N) is 1. The van der Waals surface area contributed by atoms with E-state index >= 15 is 17.6 Å². The van der Waals surface area contributed by atoms with Gasteiger partial charge in [-0.15, -0.1) is 0 Å². The van der Waals surface area contributed by atoms with E-state index in [2.05, 4.69) is 0 Å². The Bertz CT molecular complexity index is 2520. The van der Waals surface area contributed by atoms with Gasteiger partial charge in [0.15, 0.2) is 46.5 Å². The molecule has 1 nitrogen and oxygen atoms in total. The van der Waals surface area contributed by atoms with Crippen molar-refractivity contribution in [2.24, 2.45) is 0 Å². The Balaban J connectivity index is 1.82. The van der Waals surface area contributed by atoms with Crippen molar-refractivity contribution in [3.63, 3.8) is 0 Å². The first-order valence-electron chi connectivity index (χ1n) is 14.9. The van der Waals surface area contributed by atoms with Crippen molar-refractivity contribution in [1.82, 2.24) is 4.40 Å². The Morgan fingerprint density at radius 3 is 1.00 bits per heavy atom. The van der Waals surface area contributed by atoms with Crippen LogP contribution in [-0.2, 0) is 5.41 Å². The van der Waals surface area contributed by atoms with Crippen molar-refractivity contribution < 1.29 is 43.9 Å². The molecule has 0 fully saturated rings. The van der Waals surface area contributed by atoms with Crippen LogP contribution in [0.25, 0.3) is 71.1 Å². The van der Waals surface area contributed by atoms with E-state index in [0.717, 1.165) is 5.56 Å². The van der Waals surface area contributed by atoms with Gasteiger partial charge in [-0.1, -0.05) is 69.3 Å². The molecule has 0 saturated heterocycles. The van der Waals surface area contributed by atoms with Gasteiger partial charge in [-0.3, -0.25) is 0 Å². The van der Waals surface area contributed by atoms with E-state index in [1.165, 1.54) is 28.7 Å². The second kappa shape index (κ2) is 10.1. The van der Waals surface area contributed by atoms with Crippen LogP contribution in [0.1, 0.15) is 26.3 Å². The molecular weight excluding hydrogens is 660 g/mol. The molecule has 5 aromatic carbocycles. The van der Waals surface area contributed by atoms with Crippen LogP contribution in [0.2, 0.25) is 0 Å². The zero-order valence-corrected chi connectivity index (χ0v) is 25.5. The highest BCUT2D eigenvalue weighted by atomic mass is 19.2. The summed E-state index contributed by atoms with van der Waals surface area (Å²) in [5.41, 5.74) is -4.92. The van der Waals surface area contributed by atoms with Gasteiger partial charge in [-0.25, -0.2) is 43.9 Å². The minimum Gasteiger partial charge on any atom is -0.307 e. The number of rotatable bonds is 2. The van der Waals surface area contributed by atoms with Crippen molar-refractivity contribution in [1.29, 1.82) is 0 Å². The Morgan fingerprint density at radius 2 is 0.673 bits per heavy atom. The summed E-state index contributed by atoms with van der Waals surface area (Å²) in [6, 6.07) is 16.3. The van der Waals surface area contributed by atoms with Crippen LogP contribution in [0.15, 0.2) is 60.7 Å². The summed E-state index contributed by atoms with van der Waals surface area (Å²) in [7, 11) is 0. The molecule has 0 unspecified atom stereocenters. The lowest BCUT2D eigenvalue weighted by molar-refractivity contribution is 0.380. The second-order valence-electron chi connectivity index (χ2n) is 12.9. The molecule has 8 aromatic rings. The van der Waals surface area contributed by atoms with Crippen LogP contribution in [0.3, 0.4) is 0 Å². The predicted molar refractivity (Wildman–Crippen MR) is 168 cm³/mol. The second-order valence-corrected chi connectivity index (χ2v) is 12.9. The number of hydrogen-bond donors (Lipinski definition) is 0. The monoisotopic (exact) mass is 679 g/mol. The SMILES string of the molecule is CC(C)(C)c1cc2c3ccccc3c3c(-c4c(F)c(F)c(F)c(F)c4F)c(-c4c(F)c(F)c(F)c(F)c4F)c4c5ccccc5c(c1)c2n34. The van der Waals surface area contributed by atoms with Gasteiger partial charge in [0.2, 0.25) is 11.6 Å². The lowest BCUT2D eigenvalue weighted by Gasteiger charge is -2.23. The van der Waals surface area contributed by atoms with Crippen LogP contribution in [-0.4, -0.2) is 4.40 Å². The Hall–Kier alpha value is -5.32. The molecule has 0 aliphatic carbocycles. The van der Waals surface area contributed by atoms with Gasteiger partial charge >= 0.3 is 0 Å². The molecule has 3 aromatic heterocycles. The fourth-order valence-electron chi connectivity index (χ4n) is 7.01. The molecule has 0 amide bonds. The van der Waals surface area contributed by atoms with Crippen LogP contribution in [0, 0.1) is 58.2 Å². The lowest BCUT2D eigenvalue weighted by Crippen LogP contribution is -2.11.